The van der Waals surface area contributed by atoms with Crippen molar-refractivity contribution < 1.29 is 9.90 Å². The Labute approximate surface area is 158 Å². The van der Waals surface area contributed by atoms with Gasteiger partial charge in [0, 0.05) is 30.4 Å². The van der Waals surface area contributed by atoms with Crippen LogP contribution in [0, 0.1) is 5.92 Å². The van der Waals surface area contributed by atoms with E-state index in [1.165, 1.54) is 0 Å². The van der Waals surface area contributed by atoms with Crippen LogP contribution in [0.25, 0.3) is 16.9 Å². The lowest BCUT2D eigenvalue weighted by atomic mass is 9.97. The lowest BCUT2D eigenvalue weighted by molar-refractivity contribution is -0.143. The van der Waals surface area contributed by atoms with Gasteiger partial charge < -0.3 is 5.11 Å². The molecule has 0 saturated carbocycles. The highest BCUT2D eigenvalue weighted by molar-refractivity contribution is 5.70. The van der Waals surface area contributed by atoms with Crippen LogP contribution in [0.15, 0.2) is 66.9 Å². The minimum atomic E-state index is -0.692. The SMILES string of the molecule is O=C(O)C1CCCN(Cc2cn(-c3ccccc3)nc2-c2ccccc2)C1. The molecule has 1 saturated heterocycles. The third kappa shape index (κ3) is 3.93. The summed E-state index contributed by atoms with van der Waals surface area (Å²) >= 11 is 0. The minimum Gasteiger partial charge on any atom is -0.481 e. The molecule has 0 amide bonds. The largest absolute Gasteiger partial charge is 0.481 e. The zero-order valence-corrected chi connectivity index (χ0v) is 15.2. The molecular weight excluding hydrogens is 338 g/mol. The van der Waals surface area contributed by atoms with E-state index in [9.17, 15) is 9.90 Å². The first-order chi connectivity index (χ1) is 13.2. The summed E-state index contributed by atoms with van der Waals surface area (Å²) in [6.45, 7) is 2.23. The van der Waals surface area contributed by atoms with E-state index in [1.807, 2.05) is 53.2 Å². The molecule has 4 rings (SSSR count). The van der Waals surface area contributed by atoms with Gasteiger partial charge in [-0.25, -0.2) is 4.68 Å². The number of piperidine rings is 1. The lowest BCUT2D eigenvalue weighted by Crippen LogP contribution is -2.38. The van der Waals surface area contributed by atoms with Crippen molar-refractivity contribution in [2.45, 2.75) is 19.4 Å². The molecule has 1 N–H and O–H groups in total. The number of likely N-dealkylation sites (tertiary alicyclic amines) is 1. The molecule has 138 valence electrons. The van der Waals surface area contributed by atoms with E-state index >= 15 is 0 Å². The molecule has 27 heavy (non-hydrogen) atoms. The van der Waals surface area contributed by atoms with Gasteiger partial charge >= 0.3 is 5.97 Å². The van der Waals surface area contributed by atoms with Crippen molar-refractivity contribution in [3.8, 4) is 16.9 Å². The second kappa shape index (κ2) is 7.76. The highest BCUT2D eigenvalue weighted by atomic mass is 16.4. The van der Waals surface area contributed by atoms with E-state index in [0.717, 1.165) is 41.9 Å². The third-order valence-corrected chi connectivity index (χ3v) is 5.11. The summed E-state index contributed by atoms with van der Waals surface area (Å²) in [5.74, 6) is -0.967. The second-order valence-electron chi connectivity index (χ2n) is 7.06. The van der Waals surface area contributed by atoms with E-state index < -0.39 is 5.97 Å². The zero-order valence-electron chi connectivity index (χ0n) is 15.2. The van der Waals surface area contributed by atoms with Crippen molar-refractivity contribution in [2.24, 2.45) is 5.92 Å². The molecular formula is C22H23N3O2. The van der Waals surface area contributed by atoms with E-state index in [4.69, 9.17) is 5.10 Å². The molecule has 2 heterocycles. The molecule has 5 nitrogen and oxygen atoms in total. The van der Waals surface area contributed by atoms with Gasteiger partial charge in [-0.15, -0.1) is 0 Å². The molecule has 0 aliphatic carbocycles. The number of hydrogen-bond acceptors (Lipinski definition) is 3. The summed E-state index contributed by atoms with van der Waals surface area (Å²) in [5, 5.41) is 14.2. The minimum absolute atomic E-state index is 0.275. The number of carboxylic acids is 1. The highest BCUT2D eigenvalue weighted by Crippen LogP contribution is 2.26. The smallest absolute Gasteiger partial charge is 0.307 e. The van der Waals surface area contributed by atoms with Gasteiger partial charge in [0.05, 0.1) is 17.3 Å². The molecule has 2 aromatic carbocycles. The number of nitrogens with zero attached hydrogens (tertiary/aromatic N) is 3. The van der Waals surface area contributed by atoms with Crippen molar-refractivity contribution in [1.29, 1.82) is 0 Å². The quantitative estimate of drug-likeness (QED) is 0.750. The summed E-state index contributed by atoms with van der Waals surface area (Å²) < 4.78 is 1.91. The molecule has 0 bridgehead atoms. The van der Waals surface area contributed by atoms with Crippen molar-refractivity contribution >= 4 is 5.97 Å². The van der Waals surface area contributed by atoms with Gasteiger partial charge in [0.25, 0.3) is 0 Å². The molecule has 0 spiro atoms. The van der Waals surface area contributed by atoms with Crippen LogP contribution in [0.4, 0.5) is 0 Å². The van der Waals surface area contributed by atoms with Crippen molar-refractivity contribution in [3.05, 3.63) is 72.4 Å². The monoisotopic (exact) mass is 361 g/mol. The van der Waals surface area contributed by atoms with Crippen molar-refractivity contribution in [2.75, 3.05) is 13.1 Å². The fourth-order valence-corrected chi connectivity index (χ4v) is 3.72. The summed E-state index contributed by atoms with van der Waals surface area (Å²) in [4.78, 5) is 13.6. The van der Waals surface area contributed by atoms with Gasteiger partial charge in [0.15, 0.2) is 0 Å². The van der Waals surface area contributed by atoms with Gasteiger partial charge in [0.1, 0.15) is 0 Å². The molecule has 1 atom stereocenters. The first-order valence-corrected chi connectivity index (χ1v) is 9.35. The predicted molar refractivity (Wildman–Crippen MR) is 105 cm³/mol. The second-order valence-corrected chi connectivity index (χ2v) is 7.06. The molecule has 0 radical (unpaired) electrons. The first kappa shape index (κ1) is 17.5. The molecule has 1 unspecified atom stereocenters. The lowest BCUT2D eigenvalue weighted by Gasteiger charge is -2.30. The number of carboxylic acid groups (broad SMARTS) is 1. The van der Waals surface area contributed by atoms with Crippen LogP contribution in [0.2, 0.25) is 0 Å². The molecule has 5 heteroatoms. The predicted octanol–water partition coefficient (Wildman–Crippen LogP) is 3.84. The third-order valence-electron chi connectivity index (χ3n) is 5.11. The van der Waals surface area contributed by atoms with Crippen LogP contribution >= 0.6 is 0 Å². The van der Waals surface area contributed by atoms with Crippen molar-refractivity contribution in [1.82, 2.24) is 14.7 Å². The van der Waals surface area contributed by atoms with Crippen LogP contribution < -0.4 is 0 Å². The number of rotatable bonds is 5. The Balaban J connectivity index is 1.66. The average Bonchev–Trinajstić information content (AvgIpc) is 3.13. The van der Waals surface area contributed by atoms with Crippen LogP contribution in [-0.4, -0.2) is 38.8 Å². The normalized spacial score (nSPS) is 17.7. The maximum absolute atomic E-state index is 11.4. The highest BCUT2D eigenvalue weighted by Gasteiger charge is 2.26. The Morgan fingerprint density at radius 2 is 1.78 bits per heavy atom. The van der Waals surface area contributed by atoms with E-state index in [1.54, 1.807) is 0 Å². The number of para-hydroxylation sites is 1. The van der Waals surface area contributed by atoms with Crippen LogP contribution in [0.3, 0.4) is 0 Å². The maximum atomic E-state index is 11.4. The van der Waals surface area contributed by atoms with E-state index in [-0.39, 0.29) is 5.92 Å². The van der Waals surface area contributed by atoms with Crippen LogP contribution in [-0.2, 0) is 11.3 Å². The fraction of sp³-hybridized carbons (Fsp3) is 0.273. The van der Waals surface area contributed by atoms with Crippen molar-refractivity contribution in [3.63, 3.8) is 0 Å². The topological polar surface area (TPSA) is 58.4 Å². The van der Waals surface area contributed by atoms with Gasteiger partial charge in [-0.1, -0.05) is 48.5 Å². The summed E-state index contributed by atoms with van der Waals surface area (Å²) in [5.41, 5.74) is 4.17. The number of aromatic nitrogens is 2. The average molecular weight is 361 g/mol. The molecule has 1 aliphatic rings. The molecule has 1 fully saturated rings. The Kier molecular flexibility index (Phi) is 5.03. The summed E-state index contributed by atoms with van der Waals surface area (Å²) in [6.07, 6.45) is 3.76. The van der Waals surface area contributed by atoms with Gasteiger partial charge in [-0.05, 0) is 31.5 Å². The summed E-state index contributed by atoms with van der Waals surface area (Å²) in [6, 6.07) is 20.2. The number of aliphatic carboxylic acids is 1. The van der Waals surface area contributed by atoms with E-state index in [0.29, 0.717) is 13.1 Å². The number of hydrogen-bond donors (Lipinski definition) is 1. The summed E-state index contributed by atoms with van der Waals surface area (Å²) in [7, 11) is 0. The van der Waals surface area contributed by atoms with Gasteiger partial charge in [-0.3, -0.25) is 9.69 Å². The Hall–Kier alpha value is -2.92. The van der Waals surface area contributed by atoms with Crippen LogP contribution in [0.1, 0.15) is 18.4 Å². The zero-order chi connectivity index (χ0) is 18.6. The fourth-order valence-electron chi connectivity index (χ4n) is 3.72. The molecule has 3 aromatic rings. The number of benzene rings is 2. The maximum Gasteiger partial charge on any atom is 0.307 e. The molecule has 1 aromatic heterocycles. The van der Waals surface area contributed by atoms with Crippen LogP contribution in [0.5, 0.6) is 0 Å². The Morgan fingerprint density at radius 3 is 2.48 bits per heavy atom. The number of carbonyl (C=O) groups is 1. The van der Waals surface area contributed by atoms with Gasteiger partial charge in [-0.2, -0.15) is 5.10 Å². The Bertz CT molecular complexity index is 906. The standard InChI is InChI=1S/C22H23N3O2/c26-22(27)18-10-7-13-24(14-18)15-19-16-25(20-11-5-2-6-12-20)23-21(19)17-8-3-1-4-9-17/h1-6,8-9,11-12,16,18H,7,10,13-15H2,(H,26,27). The Morgan fingerprint density at radius 1 is 1.07 bits per heavy atom. The first-order valence-electron chi connectivity index (χ1n) is 9.35. The molecule has 1 aliphatic heterocycles. The van der Waals surface area contributed by atoms with E-state index in [2.05, 4.69) is 23.2 Å². The van der Waals surface area contributed by atoms with Gasteiger partial charge in [0.2, 0.25) is 0 Å².